The minimum atomic E-state index is -2.67. The molecule has 0 atom stereocenters. The molecule has 3 nitrogen and oxygen atoms in total. The van der Waals surface area contributed by atoms with Crippen molar-refractivity contribution in [2.75, 3.05) is 0 Å². The molecule has 1 aromatic rings. The van der Waals surface area contributed by atoms with E-state index in [1.165, 1.54) is 6.20 Å². The van der Waals surface area contributed by atoms with Crippen LogP contribution in [0.25, 0.3) is 0 Å². The van der Waals surface area contributed by atoms with Crippen molar-refractivity contribution in [3.05, 3.63) is 29.1 Å². The normalized spacial score (nSPS) is 10.5. The molecule has 0 fully saturated rings. The summed E-state index contributed by atoms with van der Waals surface area (Å²) in [7, 11) is 0. The minimum Gasteiger partial charge on any atom is -0.325 e. The zero-order valence-electron chi connectivity index (χ0n) is 6.71. The number of carbonyl (C=O) groups excluding carboxylic acids is 1. The fourth-order valence-corrected chi connectivity index (χ4v) is 1.02. The highest BCUT2D eigenvalue weighted by molar-refractivity contribution is 5.78. The summed E-state index contributed by atoms with van der Waals surface area (Å²) in [4.78, 5) is 14.2. The average molecular weight is 186 g/mol. The Kier molecular flexibility index (Phi) is 3.02. The predicted molar refractivity (Wildman–Crippen MR) is 42.5 cm³/mol. The van der Waals surface area contributed by atoms with Gasteiger partial charge in [-0.05, 0) is 6.07 Å². The lowest BCUT2D eigenvalue weighted by molar-refractivity contribution is 0.110. The molecule has 0 bridgehead atoms. The molecule has 0 aromatic carbocycles. The third-order valence-corrected chi connectivity index (χ3v) is 1.65. The van der Waals surface area contributed by atoms with E-state index in [4.69, 9.17) is 5.73 Å². The number of rotatable bonds is 3. The molecule has 0 aliphatic heterocycles. The van der Waals surface area contributed by atoms with Crippen LogP contribution in [0.15, 0.2) is 12.3 Å². The van der Waals surface area contributed by atoms with Crippen LogP contribution in [0.3, 0.4) is 0 Å². The van der Waals surface area contributed by atoms with Gasteiger partial charge in [0.15, 0.2) is 6.29 Å². The van der Waals surface area contributed by atoms with Gasteiger partial charge in [-0.1, -0.05) is 0 Å². The van der Waals surface area contributed by atoms with Crippen molar-refractivity contribution < 1.29 is 13.6 Å². The summed E-state index contributed by atoms with van der Waals surface area (Å²) in [5.41, 5.74) is 5.02. The highest BCUT2D eigenvalue weighted by Crippen LogP contribution is 2.22. The van der Waals surface area contributed by atoms with Crippen molar-refractivity contribution in [1.29, 1.82) is 0 Å². The Morgan fingerprint density at radius 2 is 2.31 bits per heavy atom. The smallest absolute Gasteiger partial charge is 0.264 e. The van der Waals surface area contributed by atoms with Gasteiger partial charge in [-0.25, -0.2) is 8.78 Å². The summed E-state index contributed by atoms with van der Waals surface area (Å²) in [6.45, 7) is -0.0192. The fourth-order valence-electron chi connectivity index (χ4n) is 1.02. The van der Waals surface area contributed by atoms with Crippen LogP contribution in [0.4, 0.5) is 8.78 Å². The number of carbonyl (C=O) groups is 1. The van der Waals surface area contributed by atoms with Crippen molar-refractivity contribution >= 4 is 6.29 Å². The molecule has 0 amide bonds. The molecule has 2 N–H and O–H groups in total. The van der Waals surface area contributed by atoms with E-state index in [9.17, 15) is 13.6 Å². The van der Waals surface area contributed by atoms with Crippen molar-refractivity contribution in [1.82, 2.24) is 4.98 Å². The molecule has 0 unspecified atom stereocenters. The Hall–Kier alpha value is -1.36. The van der Waals surface area contributed by atoms with E-state index in [0.29, 0.717) is 6.29 Å². The van der Waals surface area contributed by atoms with Crippen molar-refractivity contribution in [3.8, 4) is 0 Å². The van der Waals surface area contributed by atoms with Crippen LogP contribution in [0.1, 0.15) is 28.0 Å². The Morgan fingerprint density at radius 3 is 2.77 bits per heavy atom. The molecule has 5 heteroatoms. The number of aromatic nitrogens is 1. The van der Waals surface area contributed by atoms with Crippen LogP contribution in [0.2, 0.25) is 0 Å². The van der Waals surface area contributed by atoms with Crippen LogP contribution in [0.5, 0.6) is 0 Å². The lowest BCUT2D eigenvalue weighted by atomic mass is 10.1. The number of aldehydes is 1. The Labute approximate surface area is 73.6 Å². The van der Waals surface area contributed by atoms with E-state index >= 15 is 0 Å². The number of hydrogen-bond donors (Lipinski definition) is 1. The maximum atomic E-state index is 12.3. The third-order valence-electron chi connectivity index (χ3n) is 1.65. The van der Waals surface area contributed by atoms with Crippen molar-refractivity contribution in [3.63, 3.8) is 0 Å². The molecule has 0 saturated heterocycles. The first-order chi connectivity index (χ1) is 6.20. The molecule has 70 valence electrons. The summed E-state index contributed by atoms with van der Waals surface area (Å²) < 4.78 is 24.6. The van der Waals surface area contributed by atoms with Crippen LogP contribution in [0, 0.1) is 0 Å². The fraction of sp³-hybridized carbons (Fsp3) is 0.250. The summed E-state index contributed by atoms with van der Waals surface area (Å²) >= 11 is 0. The van der Waals surface area contributed by atoms with Crippen LogP contribution < -0.4 is 5.73 Å². The van der Waals surface area contributed by atoms with Gasteiger partial charge in [0.2, 0.25) is 0 Å². The zero-order chi connectivity index (χ0) is 9.84. The average Bonchev–Trinajstić information content (AvgIpc) is 2.16. The van der Waals surface area contributed by atoms with E-state index in [2.05, 4.69) is 4.98 Å². The molecule has 13 heavy (non-hydrogen) atoms. The molecule has 1 aromatic heterocycles. The van der Waals surface area contributed by atoms with Crippen molar-refractivity contribution in [2.24, 2.45) is 5.73 Å². The number of nitrogens with zero attached hydrogens (tertiary/aromatic N) is 1. The standard InChI is InChI=1S/C8H8F2N2O/c9-8(10)5-1-2-12-7(3-11)6(5)4-13/h1-2,4,8H,3,11H2. The SMILES string of the molecule is NCc1nccc(C(F)F)c1C=O. The monoisotopic (exact) mass is 186 g/mol. The second-order valence-electron chi connectivity index (χ2n) is 2.38. The highest BCUT2D eigenvalue weighted by atomic mass is 19.3. The van der Waals surface area contributed by atoms with Gasteiger partial charge in [0.1, 0.15) is 0 Å². The molecular weight excluding hydrogens is 178 g/mol. The molecule has 0 aliphatic carbocycles. The van der Waals surface area contributed by atoms with Crippen LogP contribution >= 0.6 is 0 Å². The summed E-state index contributed by atoms with van der Waals surface area (Å²) in [6.07, 6.45) is -1.10. The largest absolute Gasteiger partial charge is 0.325 e. The van der Waals surface area contributed by atoms with Crippen molar-refractivity contribution in [2.45, 2.75) is 13.0 Å². The molecule has 0 radical (unpaired) electrons. The number of nitrogens with two attached hydrogens (primary N) is 1. The van der Waals surface area contributed by atoms with E-state index in [1.54, 1.807) is 0 Å². The van der Waals surface area contributed by atoms with Gasteiger partial charge in [0.25, 0.3) is 6.43 Å². The third kappa shape index (κ3) is 1.86. The Morgan fingerprint density at radius 1 is 1.62 bits per heavy atom. The molecule has 0 spiro atoms. The summed E-state index contributed by atoms with van der Waals surface area (Å²) in [5, 5.41) is 0. The van der Waals surface area contributed by atoms with E-state index in [1.807, 2.05) is 0 Å². The molecule has 1 rings (SSSR count). The summed E-state index contributed by atoms with van der Waals surface area (Å²) in [5.74, 6) is 0. The summed E-state index contributed by atoms with van der Waals surface area (Å²) in [6, 6.07) is 1.12. The number of alkyl halides is 2. The second kappa shape index (κ2) is 4.04. The van der Waals surface area contributed by atoms with Gasteiger partial charge in [-0.3, -0.25) is 9.78 Å². The first-order valence-corrected chi connectivity index (χ1v) is 3.62. The Bertz CT molecular complexity index is 315. The lowest BCUT2D eigenvalue weighted by Crippen LogP contribution is -2.07. The first kappa shape index (κ1) is 9.73. The van der Waals surface area contributed by atoms with Gasteiger partial charge < -0.3 is 5.73 Å². The van der Waals surface area contributed by atoms with Gasteiger partial charge in [0.05, 0.1) is 5.69 Å². The molecule has 0 aliphatic rings. The highest BCUT2D eigenvalue weighted by Gasteiger charge is 2.15. The lowest BCUT2D eigenvalue weighted by Gasteiger charge is -2.06. The topological polar surface area (TPSA) is 56.0 Å². The predicted octanol–water partition coefficient (Wildman–Crippen LogP) is 1.29. The van der Waals surface area contributed by atoms with Crippen LogP contribution in [-0.2, 0) is 6.54 Å². The minimum absolute atomic E-state index is 0.0192. The van der Waals surface area contributed by atoms with E-state index in [0.717, 1.165) is 6.07 Å². The first-order valence-electron chi connectivity index (χ1n) is 3.62. The van der Waals surface area contributed by atoms with Gasteiger partial charge in [0, 0.05) is 23.9 Å². The zero-order valence-corrected chi connectivity index (χ0v) is 6.71. The molecule has 1 heterocycles. The number of halogens is 2. The Balaban J connectivity index is 3.27. The van der Waals surface area contributed by atoms with Gasteiger partial charge in [-0.2, -0.15) is 0 Å². The van der Waals surface area contributed by atoms with Crippen LogP contribution in [-0.4, -0.2) is 11.3 Å². The number of pyridine rings is 1. The molecule has 0 saturated carbocycles. The van der Waals surface area contributed by atoms with Gasteiger partial charge >= 0.3 is 0 Å². The van der Waals surface area contributed by atoms with E-state index < -0.39 is 6.43 Å². The molecular formula is C8H8F2N2O. The van der Waals surface area contributed by atoms with Gasteiger partial charge in [-0.15, -0.1) is 0 Å². The maximum absolute atomic E-state index is 12.3. The number of hydrogen-bond acceptors (Lipinski definition) is 3. The van der Waals surface area contributed by atoms with E-state index in [-0.39, 0.29) is 23.4 Å². The quantitative estimate of drug-likeness (QED) is 0.723. The second-order valence-corrected chi connectivity index (χ2v) is 2.38. The maximum Gasteiger partial charge on any atom is 0.264 e.